The fourth-order valence-corrected chi connectivity index (χ4v) is 1.04. The van der Waals surface area contributed by atoms with Crippen molar-refractivity contribution < 1.29 is 4.92 Å². The van der Waals surface area contributed by atoms with Gasteiger partial charge in [0.2, 0.25) is 0 Å². The molecular weight excluding hydrogens is 186 g/mol. The van der Waals surface area contributed by atoms with Gasteiger partial charge in [0.05, 0.1) is 16.2 Å². The number of benzene rings is 1. The van der Waals surface area contributed by atoms with Crippen LogP contribution in [0, 0.1) is 15.5 Å². The quantitative estimate of drug-likeness (QED) is 0.173. The summed E-state index contributed by atoms with van der Waals surface area (Å²) < 4.78 is 0. The molecule has 7 heteroatoms. The van der Waals surface area contributed by atoms with Crippen LogP contribution in [0.15, 0.2) is 12.1 Å². The second kappa shape index (κ2) is 3.21. The first-order chi connectivity index (χ1) is 6.45. The summed E-state index contributed by atoms with van der Waals surface area (Å²) in [7, 11) is 0. The fraction of sp³-hybridized carbons (Fsp3) is 0. The molecule has 74 valence electrons. The predicted octanol–water partition coefficient (Wildman–Crippen LogP) is 0.0433. The van der Waals surface area contributed by atoms with E-state index in [1.54, 1.807) is 0 Å². The predicted molar refractivity (Wildman–Crippen MR) is 52.9 cm³/mol. The van der Waals surface area contributed by atoms with E-state index in [2.05, 4.69) is 0 Å². The molecule has 0 heterocycles. The Morgan fingerprint density at radius 2 is 2.00 bits per heavy atom. The number of nitro groups is 1. The van der Waals surface area contributed by atoms with Crippen LogP contribution < -0.4 is 17.2 Å². The van der Waals surface area contributed by atoms with Crippen LogP contribution in [0.25, 0.3) is 0 Å². The zero-order valence-corrected chi connectivity index (χ0v) is 7.15. The lowest BCUT2D eigenvalue weighted by molar-refractivity contribution is -0.384. The SMILES string of the molecule is N=C(N)c1ccc(N)c(N)c1[N+](=O)[O-]. The molecule has 0 unspecified atom stereocenters. The van der Waals surface area contributed by atoms with Gasteiger partial charge in [0.25, 0.3) is 0 Å². The van der Waals surface area contributed by atoms with Gasteiger partial charge >= 0.3 is 5.69 Å². The number of nitrogen functional groups attached to an aromatic ring is 3. The van der Waals surface area contributed by atoms with E-state index in [0.717, 1.165) is 0 Å². The summed E-state index contributed by atoms with van der Waals surface area (Å²) in [5.41, 5.74) is 15.4. The van der Waals surface area contributed by atoms with Crippen molar-refractivity contribution in [2.45, 2.75) is 0 Å². The van der Waals surface area contributed by atoms with Crippen LogP contribution in [-0.2, 0) is 0 Å². The number of rotatable bonds is 2. The highest BCUT2D eigenvalue weighted by Gasteiger charge is 2.21. The van der Waals surface area contributed by atoms with Gasteiger partial charge in [-0.15, -0.1) is 0 Å². The number of hydrogen-bond acceptors (Lipinski definition) is 5. The number of nitrogens with zero attached hydrogens (tertiary/aromatic N) is 1. The summed E-state index contributed by atoms with van der Waals surface area (Å²) in [6, 6.07) is 2.67. The maximum absolute atomic E-state index is 10.6. The van der Waals surface area contributed by atoms with Gasteiger partial charge in [0.1, 0.15) is 11.5 Å². The minimum atomic E-state index is -0.706. The van der Waals surface area contributed by atoms with Gasteiger partial charge in [0.15, 0.2) is 0 Å². The topological polar surface area (TPSA) is 145 Å². The number of nitrogens with two attached hydrogens (primary N) is 3. The van der Waals surface area contributed by atoms with Gasteiger partial charge in [-0.2, -0.15) is 0 Å². The Hall–Kier alpha value is -2.31. The van der Waals surface area contributed by atoms with E-state index >= 15 is 0 Å². The van der Waals surface area contributed by atoms with E-state index < -0.39 is 16.4 Å². The van der Waals surface area contributed by atoms with Gasteiger partial charge in [0, 0.05) is 0 Å². The Balaban J connectivity index is 3.53. The first-order valence-corrected chi connectivity index (χ1v) is 3.62. The normalized spacial score (nSPS) is 9.71. The van der Waals surface area contributed by atoms with Crippen molar-refractivity contribution in [3.05, 3.63) is 27.8 Å². The molecule has 1 aromatic carbocycles. The molecule has 1 aromatic rings. The molecule has 0 radical (unpaired) electrons. The van der Waals surface area contributed by atoms with E-state index in [4.69, 9.17) is 22.6 Å². The van der Waals surface area contributed by atoms with Crippen molar-refractivity contribution in [3.63, 3.8) is 0 Å². The Labute approximate surface area is 79.2 Å². The molecule has 0 spiro atoms. The summed E-state index contributed by atoms with van der Waals surface area (Å²) in [6.45, 7) is 0. The van der Waals surface area contributed by atoms with Crippen molar-refractivity contribution in [1.82, 2.24) is 0 Å². The Kier molecular flexibility index (Phi) is 2.24. The molecule has 0 bridgehead atoms. The fourth-order valence-electron chi connectivity index (χ4n) is 1.04. The van der Waals surface area contributed by atoms with Crippen molar-refractivity contribution in [2.24, 2.45) is 5.73 Å². The molecule has 0 atom stereocenters. The van der Waals surface area contributed by atoms with E-state index in [0.29, 0.717) is 0 Å². The maximum atomic E-state index is 10.6. The third kappa shape index (κ3) is 1.42. The lowest BCUT2D eigenvalue weighted by atomic mass is 10.1. The Morgan fingerprint density at radius 1 is 1.43 bits per heavy atom. The molecule has 0 aliphatic heterocycles. The van der Waals surface area contributed by atoms with Crippen LogP contribution in [0.1, 0.15) is 5.56 Å². The van der Waals surface area contributed by atoms with Gasteiger partial charge in [-0.25, -0.2) is 0 Å². The maximum Gasteiger partial charge on any atom is 0.305 e. The smallest absolute Gasteiger partial charge is 0.305 e. The summed E-state index contributed by atoms with van der Waals surface area (Å²) in [5, 5.41) is 17.7. The highest BCUT2D eigenvalue weighted by Crippen LogP contribution is 2.30. The second-order valence-electron chi connectivity index (χ2n) is 2.64. The first-order valence-electron chi connectivity index (χ1n) is 3.62. The van der Waals surface area contributed by atoms with Gasteiger partial charge < -0.3 is 17.2 Å². The number of hydrogen-bond donors (Lipinski definition) is 4. The average Bonchev–Trinajstić information content (AvgIpc) is 2.08. The third-order valence-electron chi connectivity index (χ3n) is 1.72. The van der Waals surface area contributed by atoms with Crippen molar-refractivity contribution in [2.75, 3.05) is 11.5 Å². The zero-order chi connectivity index (χ0) is 10.9. The second-order valence-corrected chi connectivity index (χ2v) is 2.64. The van der Waals surface area contributed by atoms with Crippen LogP contribution in [0.5, 0.6) is 0 Å². The Bertz CT molecular complexity index is 415. The largest absolute Gasteiger partial charge is 0.397 e. The third-order valence-corrected chi connectivity index (χ3v) is 1.72. The molecular formula is C7H9N5O2. The average molecular weight is 195 g/mol. The molecule has 0 saturated carbocycles. The molecule has 0 aliphatic rings. The van der Waals surface area contributed by atoms with Crippen LogP contribution >= 0.6 is 0 Å². The lowest BCUT2D eigenvalue weighted by Gasteiger charge is -2.05. The monoisotopic (exact) mass is 195 g/mol. The summed E-state index contributed by atoms with van der Waals surface area (Å²) >= 11 is 0. The molecule has 14 heavy (non-hydrogen) atoms. The molecule has 1 rings (SSSR count). The van der Waals surface area contributed by atoms with E-state index in [1.807, 2.05) is 0 Å². The standard InChI is InChI=1S/C7H9N5O2/c8-4-2-1-3(7(10)11)6(5(4)9)12(13)14/h1-2H,8-9H2,(H3,10,11). The zero-order valence-electron chi connectivity index (χ0n) is 7.15. The number of anilines is 2. The summed E-state index contributed by atoms with van der Waals surface area (Å²) in [6.07, 6.45) is 0. The molecule has 0 aliphatic carbocycles. The highest BCUT2D eigenvalue weighted by molar-refractivity contribution is 6.02. The molecule has 7 nitrogen and oxygen atoms in total. The highest BCUT2D eigenvalue weighted by atomic mass is 16.6. The molecule has 0 fully saturated rings. The van der Waals surface area contributed by atoms with Gasteiger partial charge in [-0.05, 0) is 12.1 Å². The number of amidine groups is 1. The van der Waals surface area contributed by atoms with Crippen molar-refractivity contribution in [3.8, 4) is 0 Å². The van der Waals surface area contributed by atoms with Crippen LogP contribution in [-0.4, -0.2) is 10.8 Å². The minimum Gasteiger partial charge on any atom is -0.397 e. The lowest BCUT2D eigenvalue weighted by Crippen LogP contribution is -2.15. The minimum absolute atomic E-state index is 0.0262. The van der Waals surface area contributed by atoms with Crippen LogP contribution in [0.3, 0.4) is 0 Å². The number of nitro benzene ring substituents is 1. The molecule has 0 amide bonds. The van der Waals surface area contributed by atoms with E-state index in [9.17, 15) is 10.1 Å². The van der Waals surface area contributed by atoms with Gasteiger partial charge in [-0.1, -0.05) is 0 Å². The van der Waals surface area contributed by atoms with Crippen molar-refractivity contribution >= 4 is 22.9 Å². The Morgan fingerprint density at radius 3 is 2.43 bits per heavy atom. The molecule has 0 saturated heterocycles. The van der Waals surface area contributed by atoms with E-state index in [-0.39, 0.29) is 16.9 Å². The first kappa shape index (κ1) is 9.78. The summed E-state index contributed by atoms with van der Waals surface area (Å²) in [5.74, 6) is -0.414. The number of nitrogens with one attached hydrogen (secondary N) is 1. The molecule has 7 N–H and O–H groups in total. The molecule has 0 aromatic heterocycles. The summed E-state index contributed by atoms with van der Waals surface area (Å²) in [4.78, 5) is 9.91. The van der Waals surface area contributed by atoms with Crippen LogP contribution in [0.4, 0.5) is 17.1 Å². The van der Waals surface area contributed by atoms with E-state index in [1.165, 1.54) is 12.1 Å². The van der Waals surface area contributed by atoms with Gasteiger partial charge in [-0.3, -0.25) is 15.5 Å². The van der Waals surface area contributed by atoms with Crippen molar-refractivity contribution in [1.29, 1.82) is 5.41 Å². The van der Waals surface area contributed by atoms with Crippen LogP contribution in [0.2, 0.25) is 0 Å².